The Balaban J connectivity index is 2.75. The lowest BCUT2D eigenvalue weighted by Gasteiger charge is -2.19. The highest BCUT2D eigenvalue weighted by Gasteiger charge is 2.21. The van der Waals surface area contributed by atoms with Crippen molar-refractivity contribution >= 4 is 27.6 Å². The number of hydrogen-bond acceptors (Lipinski definition) is 3. The molecule has 0 aliphatic heterocycles. The summed E-state index contributed by atoms with van der Waals surface area (Å²) in [4.78, 5) is 23.4. The highest BCUT2D eigenvalue weighted by molar-refractivity contribution is 9.10. The first-order valence-corrected chi connectivity index (χ1v) is 7.02. The molecule has 19 heavy (non-hydrogen) atoms. The average molecular weight is 330 g/mol. The van der Waals surface area contributed by atoms with Crippen molar-refractivity contribution in [1.82, 2.24) is 15.1 Å². The van der Waals surface area contributed by atoms with Crippen LogP contribution in [0.3, 0.4) is 0 Å². The Kier molecular flexibility index (Phi) is 5.29. The van der Waals surface area contributed by atoms with E-state index in [2.05, 4.69) is 26.3 Å². The average Bonchev–Trinajstić information content (AvgIpc) is 2.53. The van der Waals surface area contributed by atoms with Gasteiger partial charge in [0.25, 0.3) is 0 Å². The molecule has 1 rings (SSSR count). The van der Waals surface area contributed by atoms with Gasteiger partial charge in [0.05, 0.1) is 21.9 Å². The van der Waals surface area contributed by atoms with E-state index in [-0.39, 0.29) is 24.2 Å². The van der Waals surface area contributed by atoms with Gasteiger partial charge in [0.1, 0.15) is 6.54 Å². The summed E-state index contributed by atoms with van der Waals surface area (Å²) in [6.45, 7) is 9.19. The highest BCUT2D eigenvalue weighted by atomic mass is 79.9. The summed E-state index contributed by atoms with van der Waals surface area (Å²) < 4.78 is 2.54. The van der Waals surface area contributed by atoms with Crippen LogP contribution in [0.15, 0.2) is 4.47 Å². The number of nitrogens with zero attached hydrogens (tertiary/aromatic N) is 2. The number of carbonyl (C=O) groups excluding carboxylic acids is 2. The van der Waals surface area contributed by atoms with Gasteiger partial charge in [-0.2, -0.15) is 5.10 Å². The summed E-state index contributed by atoms with van der Waals surface area (Å²) >= 11 is 3.42. The largest absolute Gasteiger partial charge is 0.344 e. The van der Waals surface area contributed by atoms with E-state index in [1.54, 1.807) is 4.68 Å². The number of amides is 1. The van der Waals surface area contributed by atoms with Gasteiger partial charge < -0.3 is 5.32 Å². The molecule has 0 aliphatic rings. The third-order valence-electron chi connectivity index (χ3n) is 3.01. The van der Waals surface area contributed by atoms with Gasteiger partial charge in [-0.25, -0.2) is 0 Å². The predicted octanol–water partition coefficient (Wildman–Crippen LogP) is 1.99. The molecule has 106 valence electrons. The Morgan fingerprint density at radius 2 is 1.95 bits per heavy atom. The third kappa shape index (κ3) is 3.89. The monoisotopic (exact) mass is 329 g/mol. The Labute approximate surface area is 121 Å². The topological polar surface area (TPSA) is 64.0 Å². The van der Waals surface area contributed by atoms with Crippen LogP contribution < -0.4 is 5.32 Å². The fourth-order valence-corrected chi connectivity index (χ4v) is 2.21. The molecule has 0 saturated heterocycles. The number of Topliss-reactive ketones (excluding diaryl/α,β-unsaturated/α-hetero) is 1. The van der Waals surface area contributed by atoms with Gasteiger partial charge in [-0.05, 0) is 42.6 Å². The van der Waals surface area contributed by atoms with Crippen molar-refractivity contribution in [3.63, 3.8) is 0 Å². The molecule has 1 amide bonds. The molecule has 1 aromatic rings. The lowest BCUT2D eigenvalue weighted by Crippen LogP contribution is -2.44. The number of hydrogen-bond donors (Lipinski definition) is 1. The molecule has 1 unspecified atom stereocenters. The van der Waals surface area contributed by atoms with E-state index < -0.39 is 6.04 Å². The fraction of sp³-hybridized carbons (Fsp3) is 0.615. The third-order valence-corrected chi connectivity index (χ3v) is 4.16. The number of aromatic nitrogens is 2. The van der Waals surface area contributed by atoms with Gasteiger partial charge in [0, 0.05) is 0 Å². The number of nitrogens with one attached hydrogen (secondary N) is 1. The summed E-state index contributed by atoms with van der Waals surface area (Å²) in [5, 5.41) is 7.03. The molecule has 0 radical (unpaired) electrons. The second-order valence-corrected chi connectivity index (χ2v) is 5.84. The van der Waals surface area contributed by atoms with E-state index in [0.717, 1.165) is 15.9 Å². The van der Waals surface area contributed by atoms with Crippen molar-refractivity contribution in [2.24, 2.45) is 5.92 Å². The maximum Gasteiger partial charge on any atom is 0.242 e. The van der Waals surface area contributed by atoms with Crippen LogP contribution in [-0.2, 0) is 16.1 Å². The molecule has 0 aromatic carbocycles. The predicted molar refractivity (Wildman–Crippen MR) is 76.9 cm³/mol. The van der Waals surface area contributed by atoms with Gasteiger partial charge in [-0.15, -0.1) is 0 Å². The van der Waals surface area contributed by atoms with E-state index >= 15 is 0 Å². The van der Waals surface area contributed by atoms with Gasteiger partial charge in [0.15, 0.2) is 5.78 Å². The first-order valence-electron chi connectivity index (χ1n) is 6.23. The zero-order valence-electron chi connectivity index (χ0n) is 12.0. The quantitative estimate of drug-likeness (QED) is 0.898. The normalized spacial score (nSPS) is 12.6. The van der Waals surface area contributed by atoms with Crippen LogP contribution in [0.2, 0.25) is 0 Å². The van der Waals surface area contributed by atoms with Crippen LogP contribution in [0.4, 0.5) is 0 Å². The van der Waals surface area contributed by atoms with Crippen molar-refractivity contribution in [2.75, 3.05) is 0 Å². The lowest BCUT2D eigenvalue weighted by atomic mass is 10.0. The molecule has 0 saturated carbocycles. The minimum atomic E-state index is -0.437. The number of ketones is 1. The van der Waals surface area contributed by atoms with E-state index in [4.69, 9.17) is 0 Å². The molecule has 1 aromatic heterocycles. The van der Waals surface area contributed by atoms with E-state index in [1.807, 2.05) is 27.7 Å². The van der Waals surface area contributed by atoms with Crippen molar-refractivity contribution in [3.8, 4) is 0 Å². The van der Waals surface area contributed by atoms with E-state index in [1.165, 1.54) is 6.92 Å². The molecule has 6 heteroatoms. The number of carbonyl (C=O) groups is 2. The Morgan fingerprint density at radius 1 is 1.37 bits per heavy atom. The first kappa shape index (κ1) is 15.9. The molecule has 1 N–H and O–H groups in total. The van der Waals surface area contributed by atoms with Crippen LogP contribution in [0.25, 0.3) is 0 Å². The molecule has 1 atom stereocenters. The molecule has 0 spiro atoms. The number of aryl methyl sites for hydroxylation is 1. The molecule has 5 nitrogen and oxygen atoms in total. The number of rotatable bonds is 5. The van der Waals surface area contributed by atoms with Crippen molar-refractivity contribution < 1.29 is 9.59 Å². The van der Waals surface area contributed by atoms with Gasteiger partial charge in [-0.3, -0.25) is 14.3 Å². The zero-order valence-corrected chi connectivity index (χ0v) is 13.5. The SMILES string of the molecule is CC(=O)C(NC(=O)Cn1nc(C)c(Br)c1C)C(C)C. The minimum absolute atomic E-state index is 0.0297. The van der Waals surface area contributed by atoms with Crippen molar-refractivity contribution in [2.45, 2.75) is 47.2 Å². The Morgan fingerprint density at radius 3 is 2.32 bits per heavy atom. The first-order chi connectivity index (χ1) is 8.73. The second kappa shape index (κ2) is 6.32. The van der Waals surface area contributed by atoms with Gasteiger partial charge in [0.2, 0.25) is 5.91 Å². The molecule has 0 fully saturated rings. The molecular formula is C13H20BrN3O2. The summed E-state index contributed by atoms with van der Waals surface area (Å²) in [7, 11) is 0. The lowest BCUT2D eigenvalue weighted by molar-refractivity contribution is -0.128. The number of halogens is 1. The van der Waals surface area contributed by atoms with Crippen LogP contribution in [0, 0.1) is 19.8 Å². The fourth-order valence-electron chi connectivity index (χ4n) is 1.92. The van der Waals surface area contributed by atoms with Gasteiger partial charge in [-0.1, -0.05) is 13.8 Å². The van der Waals surface area contributed by atoms with Crippen LogP contribution in [-0.4, -0.2) is 27.5 Å². The van der Waals surface area contributed by atoms with Crippen molar-refractivity contribution in [1.29, 1.82) is 0 Å². The molecule has 0 bridgehead atoms. The molecular weight excluding hydrogens is 310 g/mol. The van der Waals surface area contributed by atoms with Crippen molar-refractivity contribution in [3.05, 3.63) is 15.9 Å². The molecule has 1 heterocycles. The standard InChI is InChI=1S/C13H20BrN3O2/c1-7(2)13(10(5)18)15-11(19)6-17-9(4)12(14)8(3)16-17/h7,13H,6H2,1-5H3,(H,15,19). The highest BCUT2D eigenvalue weighted by Crippen LogP contribution is 2.19. The molecule has 0 aliphatic carbocycles. The maximum atomic E-state index is 12.0. The minimum Gasteiger partial charge on any atom is -0.344 e. The Hall–Kier alpha value is -1.17. The summed E-state index contributed by atoms with van der Waals surface area (Å²) in [5.41, 5.74) is 1.74. The summed E-state index contributed by atoms with van der Waals surface area (Å²) in [6.07, 6.45) is 0. The maximum absolute atomic E-state index is 12.0. The Bertz CT molecular complexity index is 494. The van der Waals surface area contributed by atoms with Gasteiger partial charge >= 0.3 is 0 Å². The zero-order chi connectivity index (χ0) is 14.7. The van der Waals surface area contributed by atoms with Crippen LogP contribution in [0.5, 0.6) is 0 Å². The van der Waals surface area contributed by atoms with E-state index in [9.17, 15) is 9.59 Å². The van der Waals surface area contributed by atoms with E-state index in [0.29, 0.717) is 0 Å². The smallest absolute Gasteiger partial charge is 0.242 e. The summed E-state index contributed by atoms with van der Waals surface area (Å²) in [5.74, 6) is -0.154. The van der Waals surface area contributed by atoms with Crippen LogP contribution >= 0.6 is 15.9 Å². The van der Waals surface area contributed by atoms with Crippen LogP contribution in [0.1, 0.15) is 32.2 Å². The summed E-state index contributed by atoms with van der Waals surface area (Å²) in [6, 6.07) is -0.437. The second-order valence-electron chi connectivity index (χ2n) is 5.04.